The monoisotopic (exact) mass is 238 g/mol. The topological polar surface area (TPSA) is 78.4 Å². The Morgan fingerprint density at radius 1 is 1.13 bits per heavy atom. The van der Waals surface area contributed by atoms with Gasteiger partial charge < -0.3 is 5.11 Å². The maximum atomic E-state index is 11.3. The van der Waals surface area contributed by atoms with Gasteiger partial charge in [-0.1, -0.05) is 20.8 Å². The standard InChI is InChI=1S/C9H22N2O3S/c1-4-7-10-15(13,14)11-8-9(12,5-2)6-3/h10-12H,4-8H2,1-3H3. The van der Waals surface area contributed by atoms with Gasteiger partial charge in [0.05, 0.1) is 5.60 Å². The Labute approximate surface area is 92.4 Å². The van der Waals surface area contributed by atoms with Gasteiger partial charge in [0.1, 0.15) is 0 Å². The molecule has 0 atom stereocenters. The minimum absolute atomic E-state index is 0.0546. The van der Waals surface area contributed by atoms with Crippen molar-refractivity contribution in [2.45, 2.75) is 45.6 Å². The predicted molar refractivity (Wildman–Crippen MR) is 60.7 cm³/mol. The van der Waals surface area contributed by atoms with Crippen LogP contribution in [0.15, 0.2) is 0 Å². The Morgan fingerprint density at radius 3 is 2.07 bits per heavy atom. The maximum Gasteiger partial charge on any atom is 0.277 e. The third kappa shape index (κ3) is 6.09. The molecule has 0 radical (unpaired) electrons. The van der Waals surface area contributed by atoms with Crippen LogP contribution < -0.4 is 9.44 Å². The van der Waals surface area contributed by atoms with Crippen LogP contribution in [0.4, 0.5) is 0 Å². The van der Waals surface area contributed by atoms with Gasteiger partial charge in [0.2, 0.25) is 0 Å². The van der Waals surface area contributed by atoms with Gasteiger partial charge in [0, 0.05) is 13.1 Å². The molecule has 0 fully saturated rings. The first-order chi connectivity index (χ1) is 6.89. The molecule has 0 aromatic rings. The lowest BCUT2D eigenvalue weighted by atomic mass is 9.98. The Kier molecular flexibility index (Phi) is 6.35. The van der Waals surface area contributed by atoms with E-state index in [0.717, 1.165) is 6.42 Å². The minimum atomic E-state index is -3.46. The Bertz CT molecular complexity index is 261. The van der Waals surface area contributed by atoms with E-state index in [1.807, 2.05) is 20.8 Å². The van der Waals surface area contributed by atoms with Gasteiger partial charge in [-0.3, -0.25) is 0 Å². The summed E-state index contributed by atoms with van der Waals surface area (Å²) in [5.74, 6) is 0. The van der Waals surface area contributed by atoms with Gasteiger partial charge in [0.25, 0.3) is 10.2 Å². The summed E-state index contributed by atoms with van der Waals surface area (Å²) in [7, 11) is -3.46. The van der Waals surface area contributed by atoms with Gasteiger partial charge >= 0.3 is 0 Å². The van der Waals surface area contributed by atoms with Crippen LogP contribution in [0.3, 0.4) is 0 Å². The van der Waals surface area contributed by atoms with Gasteiger partial charge in [-0.05, 0) is 19.3 Å². The van der Waals surface area contributed by atoms with Crippen LogP contribution in [0.1, 0.15) is 40.0 Å². The van der Waals surface area contributed by atoms with E-state index < -0.39 is 15.8 Å². The van der Waals surface area contributed by atoms with E-state index in [4.69, 9.17) is 0 Å². The third-order valence-electron chi connectivity index (χ3n) is 2.45. The number of nitrogens with one attached hydrogen (secondary N) is 2. The molecule has 0 spiro atoms. The molecule has 0 aromatic carbocycles. The smallest absolute Gasteiger partial charge is 0.277 e. The van der Waals surface area contributed by atoms with Crippen LogP contribution >= 0.6 is 0 Å². The first kappa shape index (κ1) is 14.8. The maximum absolute atomic E-state index is 11.3. The van der Waals surface area contributed by atoms with Crippen LogP contribution in [0, 0.1) is 0 Å². The van der Waals surface area contributed by atoms with Crippen molar-refractivity contribution in [3.8, 4) is 0 Å². The molecule has 6 heteroatoms. The molecule has 0 bridgehead atoms. The van der Waals surface area contributed by atoms with E-state index in [1.54, 1.807) is 0 Å². The molecule has 0 aromatic heterocycles. The molecule has 0 unspecified atom stereocenters. The number of rotatable bonds is 8. The molecule has 0 aliphatic rings. The second-order valence-corrected chi connectivity index (χ2v) is 5.23. The van der Waals surface area contributed by atoms with Gasteiger partial charge in [0.15, 0.2) is 0 Å². The molecule has 0 saturated carbocycles. The van der Waals surface area contributed by atoms with E-state index in [2.05, 4.69) is 9.44 Å². The third-order valence-corrected chi connectivity index (χ3v) is 3.56. The van der Waals surface area contributed by atoms with Crippen molar-refractivity contribution in [1.82, 2.24) is 9.44 Å². The summed E-state index contributed by atoms with van der Waals surface area (Å²) in [5, 5.41) is 9.86. The normalized spacial score (nSPS) is 13.1. The fourth-order valence-corrected chi connectivity index (χ4v) is 2.05. The van der Waals surface area contributed by atoms with Crippen molar-refractivity contribution in [3.05, 3.63) is 0 Å². The van der Waals surface area contributed by atoms with Crippen LogP contribution in [-0.4, -0.2) is 32.2 Å². The molecule has 0 saturated heterocycles. The lowest BCUT2D eigenvalue weighted by Gasteiger charge is -2.25. The molecule has 15 heavy (non-hydrogen) atoms. The van der Waals surface area contributed by atoms with Gasteiger partial charge in [-0.15, -0.1) is 0 Å². The first-order valence-electron chi connectivity index (χ1n) is 5.35. The van der Waals surface area contributed by atoms with Crippen molar-refractivity contribution < 1.29 is 13.5 Å². The molecule has 0 aliphatic heterocycles. The highest BCUT2D eigenvalue weighted by Crippen LogP contribution is 2.12. The fourth-order valence-electron chi connectivity index (χ4n) is 1.02. The molecule has 5 nitrogen and oxygen atoms in total. The predicted octanol–water partition coefficient (Wildman–Crippen LogP) is 0.372. The van der Waals surface area contributed by atoms with Crippen molar-refractivity contribution >= 4 is 10.2 Å². The van der Waals surface area contributed by atoms with Crippen molar-refractivity contribution in [3.63, 3.8) is 0 Å². The second kappa shape index (κ2) is 6.42. The average Bonchev–Trinajstić information content (AvgIpc) is 2.23. The molecule has 0 aliphatic carbocycles. The van der Waals surface area contributed by atoms with E-state index in [0.29, 0.717) is 19.4 Å². The summed E-state index contributed by atoms with van der Waals surface area (Å²) in [6.45, 7) is 6.01. The minimum Gasteiger partial charge on any atom is -0.389 e. The second-order valence-electron chi connectivity index (χ2n) is 3.65. The van der Waals surface area contributed by atoms with E-state index in [-0.39, 0.29) is 6.54 Å². The zero-order valence-electron chi connectivity index (χ0n) is 9.71. The molecular weight excluding hydrogens is 216 g/mol. The number of hydrogen-bond donors (Lipinski definition) is 3. The summed E-state index contributed by atoms with van der Waals surface area (Å²) in [6.07, 6.45) is 1.80. The summed E-state index contributed by atoms with van der Waals surface area (Å²) >= 11 is 0. The highest BCUT2D eigenvalue weighted by Gasteiger charge is 2.24. The van der Waals surface area contributed by atoms with Crippen LogP contribution in [0.2, 0.25) is 0 Å². The van der Waals surface area contributed by atoms with Gasteiger partial charge in [-0.2, -0.15) is 13.1 Å². The van der Waals surface area contributed by atoms with Crippen molar-refractivity contribution in [2.75, 3.05) is 13.1 Å². The van der Waals surface area contributed by atoms with Gasteiger partial charge in [-0.25, -0.2) is 4.72 Å². The van der Waals surface area contributed by atoms with E-state index in [1.165, 1.54) is 0 Å². The fraction of sp³-hybridized carbons (Fsp3) is 1.00. The lowest BCUT2D eigenvalue weighted by Crippen LogP contribution is -2.46. The van der Waals surface area contributed by atoms with E-state index in [9.17, 15) is 13.5 Å². The lowest BCUT2D eigenvalue weighted by molar-refractivity contribution is 0.0376. The summed E-state index contributed by atoms with van der Waals surface area (Å²) in [4.78, 5) is 0. The van der Waals surface area contributed by atoms with E-state index >= 15 is 0 Å². The molecular formula is C9H22N2O3S. The molecule has 0 heterocycles. The summed E-state index contributed by atoms with van der Waals surface area (Å²) in [6, 6.07) is 0. The Hall–Kier alpha value is -0.170. The van der Waals surface area contributed by atoms with Crippen molar-refractivity contribution in [2.24, 2.45) is 0 Å². The number of aliphatic hydroxyl groups is 1. The largest absolute Gasteiger partial charge is 0.389 e. The SMILES string of the molecule is CCCNS(=O)(=O)NCC(O)(CC)CC. The van der Waals surface area contributed by atoms with Crippen LogP contribution in [0.25, 0.3) is 0 Å². The average molecular weight is 238 g/mol. The summed E-state index contributed by atoms with van der Waals surface area (Å²) < 4.78 is 27.4. The zero-order valence-corrected chi connectivity index (χ0v) is 10.5. The van der Waals surface area contributed by atoms with Crippen molar-refractivity contribution in [1.29, 1.82) is 0 Å². The highest BCUT2D eigenvalue weighted by atomic mass is 32.2. The summed E-state index contributed by atoms with van der Waals surface area (Å²) in [5.41, 5.74) is -0.943. The van der Waals surface area contributed by atoms with Crippen LogP contribution in [0.5, 0.6) is 0 Å². The molecule has 92 valence electrons. The number of hydrogen-bond acceptors (Lipinski definition) is 3. The highest BCUT2D eigenvalue weighted by molar-refractivity contribution is 7.87. The molecule has 0 amide bonds. The Morgan fingerprint density at radius 2 is 1.67 bits per heavy atom. The molecule has 0 rings (SSSR count). The van der Waals surface area contributed by atoms with Crippen LogP contribution in [-0.2, 0) is 10.2 Å². The zero-order chi connectivity index (χ0) is 11.9. The molecule has 3 N–H and O–H groups in total. The quantitative estimate of drug-likeness (QED) is 0.572. The Balaban J connectivity index is 4.13. The first-order valence-corrected chi connectivity index (χ1v) is 6.84.